The molecule has 3 rings (SSSR count). The Morgan fingerprint density at radius 3 is 2.50 bits per heavy atom. The van der Waals surface area contributed by atoms with E-state index in [0.29, 0.717) is 11.3 Å². The lowest BCUT2D eigenvalue weighted by Crippen LogP contribution is -2.42. The molecule has 1 aliphatic carbocycles. The monoisotopic (exact) mass is 387 g/mol. The van der Waals surface area contributed by atoms with Crippen LogP contribution in [0.15, 0.2) is 48.5 Å². The minimum atomic E-state index is -0.436. The predicted octanol–water partition coefficient (Wildman–Crippen LogP) is 3.03. The minimum Gasteiger partial charge on any atom is -0.334 e. The average molecular weight is 387 g/mol. The summed E-state index contributed by atoms with van der Waals surface area (Å²) in [6.07, 6.45) is 1.81. The number of carbonyl (C=O) groups excluding carboxylic acids is 2. The van der Waals surface area contributed by atoms with Gasteiger partial charge in [-0.3, -0.25) is 14.5 Å². The van der Waals surface area contributed by atoms with Crippen molar-refractivity contribution in [3.63, 3.8) is 0 Å². The standard InChI is InChI=1S/C21H23F2N3O2/c1-25(13-20(27)24-17-7-4-6-16(22)11-17)14-21(28)26(18-9-10-18)12-15-5-2-3-8-19(15)23/h2-8,11,18H,9-10,12-14H2,1H3,(H,24,27). The molecule has 0 saturated heterocycles. The van der Waals surface area contributed by atoms with Crippen molar-refractivity contribution in [3.8, 4) is 0 Å². The van der Waals surface area contributed by atoms with Gasteiger partial charge >= 0.3 is 0 Å². The van der Waals surface area contributed by atoms with Gasteiger partial charge in [0.2, 0.25) is 11.8 Å². The van der Waals surface area contributed by atoms with E-state index in [9.17, 15) is 18.4 Å². The zero-order valence-electron chi connectivity index (χ0n) is 15.7. The van der Waals surface area contributed by atoms with E-state index in [1.165, 1.54) is 24.3 Å². The molecular weight excluding hydrogens is 364 g/mol. The number of nitrogens with zero attached hydrogens (tertiary/aromatic N) is 2. The van der Waals surface area contributed by atoms with Crippen molar-refractivity contribution in [1.82, 2.24) is 9.80 Å². The lowest BCUT2D eigenvalue weighted by atomic mass is 10.2. The number of anilines is 1. The number of benzene rings is 2. The molecule has 1 saturated carbocycles. The third kappa shape index (κ3) is 5.60. The maximum absolute atomic E-state index is 13.9. The third-order valence-electron chi connectivity index (χ3n) is 4.53. The highest BCUT2D eigenvalue weighted by Crippen LogP contribution is 2.29. The third-order valence-corrected chi connectivity index (χ3v) is 4.53. The second kappa shape index (κ2) is 8.93. The van der Waals surface area contributed by atoms with Gasteiger partial charge in [0, 0.05) is 23.8 Å². The zero-order valence-corrected chi connectivity index (χ0v) is 15.7. The van der Waals surface area contributed by atoms with Crippen LogP contribution < -0.4 is 5.32 Å². The van der Waals surface area contributed by atoms with Gasteiger partial charge in [0.05, 0.1) is 13.1 Å². The highest BCUT2D eigenvalue weighted by atomic mass is 19.1. The van der Waals surface area contributed by atoms with E-state index in [-0.39, 0.29) is 43.3 Å². The summed E-state index contributed by atoms with van der Waals surface area (Å²) in [4.78, 5) is 28.1. The number of halogens is 2. The molecule has 2 aromatic carbocycles. The first-order chi connectivity index (χ1) is 13.4. The van der Waals surface area contributed by atoms with Gasteiger partial charge in [-0.25, -0.2) is 8.78 Å². The molecule has 148 valence electrons. The Balaban J connectivity index is 1.54. The average Bonchev–Trinajstić information content (AvgIpc) is 3.45. The summed E-state index contributed by atoms with van der Waals surface area (Å²) >= 11 is 0. The summed E-state index contributed by atoms with van der Waals surface area (Å²) in [5, 5.41) is 2.60. The van der Waals surface area contributed by atoms with Gasteiger partial charge < -0.3 is 10.2 Å². The van der Waals surface area contributed by atoms with Crippen LogP contribution in [0.1, 0.15) is 18.4 Å². The molecule has 0 spiro atoms. The number of hydrogen-bond acceptors (Lipinski definition) is 3. The van der Waals surface area contributed by atoms with Crippen molar-refractivity contribution < 1.29 is 18.4 Å². The Bertz CT molecular complexity index is 855. The van der Waals surface area contributed by atoms with E-state index >= 15 is 0 Å². The molecule has 7 heteroatoms. The summed E-state index contributed by atoms with van der Waals surface area (Å²) in [5.74, 6) is -1.25. The van der Waals surface area contributed by atoms with Crippen molar-refractivity contribution >= 4 is 17.5 Å². The van der Waals surface area contributed by atoms with Crippen LogP contribution >= 0.6 is 0 Å². The quantitative estimate of drug-likeness (QED) is 0.758. The summed E-state index contributed by atoms with van der Waals surface area (Å²) < 4.78 is 27.1. The van der Waals surface area contributed by atoms with Crippen LogP contribution in [0, 0.1) is 11.6 Å². The van der Waals surface area contributed by atoms with Gasteiger partial charge in [-0.15, -0.1) is 0 Å². The van der Waals surface area contributed by atoms with Gasteiger partial charge in [-0.2, -0.15) is 0 Å². The van der Waals surface area contributed by atoms with Crippen molar-refractivity contribution in [2.75, 3.05) is 25.5 Å². The number of amides is 2. The molecule has 0 heterocycles. The Kier molecular flexibility index (Phi) is 6.36. The van der Waals surface area contributed by atoms with Crippen molar-refractivity contribution in [3.05, 3.63) is 65.7 Å². The lowest BCUT2D eigenvalue weighted by Gasteiger charge is -2.25. The van der Waals surface area contributed by atoms with Gasteiger partial charge in [0.25, 0.3) is 0 Å². The minimum absolute atomic E-state index is 0.0134. The molecule has 0 atom stereocenters. The molecule has 28 heavy (non-hydrogen) atoms. The predicted molar refractivity (Wildman–Crippen MR) is 102 cm³/mol. The smallest absolute Gasteiger partial charge is 0.238 e. The van der Waals surface area contributed by atoms with Crippen molar-refractivity contribution in [2.24, 2.45) is 0 Å². The van der Waals surface area contributed by atoms with E-state index in [1.807, 2.05) is 0 Å². The van der Waals surface area contributed by atoms with E-state index in [0.717, 1.165) is 12.8 Å². The van der Waals surface area contributed by atoms with E-state index in [2.05, 4.69) is 5.32 Å². The Hall–Kier alpha value is -2.80. The molecule has 2 amide bonds. The normalized spacial score (nSPS) is 13.4. The number of hydrogen-bond donors (Lipinski definition) is 1. The van der Waals surface area contributed by atoms with Crippen molar-refractivity contribution in [1.29, 1.82) is 0 Å². The molecule has 0 aromatic heterocycles. The largest absolute Gasteiger partial charge is 0.334 e. The van der Waals surface area contributed by atoms with E-state index in [4.69, 9.17) is 0 Å². The highest BCUT2D eigenvalue weighted by molar-refractivity contribution is 5.92. The first-order valence-corrected chi connectivity index (χ1v) is 9.19. The van der Waals surface area contributed by atoms with Gasteiger partial charge in [0.1, 0.15) is 11.6 Å². The first kappa shape index (κ1) is 19.9. The zero-order chi connectivity index (χ0) is 20.1. The molecule has 0 bridgehead atoms. The second-order valence-electron chi connectivity index (χ2n) is 7.08. The molecule has 1 fully saturated rings. The van der Waals surface area contributed by atoms with Gasteiger partial charge in [-0.05, 0) is 44.2 Å². The topological polar surface area (TPSA) is 52.7 Å². The van der Waals surface area contributed by atoms with Crippen LogP contribution in [-0.4, -0.2) is 47.8 Å². The van der Waals surface area contributed by atoms with Gasteiger partial charge in [0.15, 0.2) is 0 Å². The molecule has 2 aromatic rings. The summed E-state index contributed by atoms with van der Waals surface area (Å²) in [6, 6.07) is 12.2. The van der Waals surface area contributed by atoms with E-state index in [1.54, 1.807) is 41.1 Å². The Morgan fingerprint density at radius 2 is 1.82 bits per heavy atom. The van der Waals surface area contributed by atoms with Crippen LogP contribution in [0.2, 0.25) is 0 Å². The SMILES string of the molecule is CN(CC(=O)Nc1cccc(F)c1)CC(=O)N(Cc1ccccc1F)C1CC1. The lowest BCUT2D eigenvalue weighted by molar-refractivity contribution is -0.133. The second-order valence-corrected chi connectivity index (χ2v) is 7.08. The van der Waals surface area contributed by atoms with E-state index < -0.39 is 5.82 Å². The van der Waals surface area contributed by atoms with Crippen LogP contribution in [0.3, 0.4) is 0 Å². The summed E-state index contributed by atoms with van der Waals surface area (Å²) in [5.41, 5.74) is 0.845. The summed E-state index contributed by atoms with van der Waals surface area (Å²) in [6.45, 7) is 0.251. The van der Waals surface area contributed by atoms with Crippen LogP contribution in [0.4, 0.5) is 14.5 Å². The number of likely N-dealkylation sites (N-methyl/N-ethyl adjacent to an activating group) is 1. The molecular formula is C21H23F2N3O2. The fraction of sp³-hybridized carbons (Fsp3) is 0.333. The maximum atomic E-state index is 13.9. The fourth-order valence-electron chi connectivity index (χ4n) is 3.01. The molecule has 1 aliphatic rings. The molecule has 0 unspecified atom stereocenters. The Labute approximate surface area is 162 Å². The maximum Gasteiger partial charge on any atom is 0.238 e. The molecule has 1 N–H and O–H groups in total. The van der Waals surface area contributed by atoms with Crippen LogP contribution in [0.5, 0.6) is 0 Å². The molecule has 0 radical (unpaired) electrons. The highest BCUT2D eigenvalue weighted by Gasteiger charge is 2.33. The number of rotatable bonds is 8. The molecule has 5 nitrogen and oxygen atoms in total. The number of carbonyl (C=O) groups is 2. The van der Waals surface area contributed by atoms with Crippen LogP contribution in [0.25, 0.3) is 0 Å². The molecule has 0 aliphatic heterocycles. The Morgan fingerprint density at radius 1 is 1.07 bits per heavy atom. The fourth-order valence-corrected chi connectivity index (χ4v) is 3.01. The van der Waals surface area contributed by atoms with Gasteiger partial charge in [-0.1, -0.05) is 24.3 Å². The van der Waals surface area contributed by atoms with Crippen LogP contribution in [-0.2, 0) is 16.1 Å². The van der Waals surface area contributed by atoms with Crippen molar-refractivity contribution in [2.45, 2.75) is 25.4 Å². The first-order valence-electron chi connectivity index (χ1n) is 9.19. The number of nitrogens with one attached hydrogen (secondary N) is 1. The summed E-state index contributed by atoms with van der Waals surface area (Å²) in [7, 11) is 1.66.